The second-order valence-corrected chi connectivity index (χ2v) is 6.56. The molecule has 0 atom stereocenters. The number of nitrogens with zero attached hydrogens (tertiary/aromatic N) is 2. The molecule has 0 bridgehead atoms. The Balaban J connectivity index is 1.43. The van der Waals surface area contributed by atoms with Crippen LogP contribution in [0.15, 0.2) is 48.5 Å². The van der Waals surface area contributed by atoms with E-state index in [1.165, 1.54) is 6.07 Å². The number of rotatable bonds is 6. The van der Waals surface area contributed by atoms with Crippen molar-refractivity contribution >= 4 is 17.5 Å². The van der Waals surface area contributed by atoms with Crippen molar-refractivity contribution in [3.8, 4) is 5.75 Å². The first-order valence-electron chi connectivity index (χ1n) is 9.28. The maximum absolute atomic E-state index is 13.9. The molecule has 7 heteroatoms. The zero-order valence-electron chi connectivity index (χ0n) is 15.9. The van der Waals surface area contributed by atoms with E-state index >= 15 is 0 Å². The van der Waals surface area contributed by atoms with E-state index in [0.29, 0.717) is 43.2 Å². The Morgan fingerprint density at radius 2 is 1.82 bits per heavy atom. The largest absolute Gasteiger partial charge is 0.497 e. The lowest BCUT2D eigenvalue weighted by Crippen LogP contribution is -2.49. The summed E-state index contributed by atoms with van der Waals surface area (Å²) in [5.41, 5.74) is 1.06. The number of ether oxygens (including phenoxy) is 1. The molecule has 148 valence electrons. The van der Waals surface area contributed by atoms with Crippen LogP contribution in [0.4, 0.5) is 10.1 Å². The number of hydrogen-bond acceptors (Lipinski definition) is 4. The Morgan fingerprint density at radius 1 is 1.07 bits per heavy atom. The van der Waals surface area contributed by atoms with Gasteiger partial charge in [-0.05, 0) is 30.3 Å². The van der Waals surface area contributed by atoms with Crippen LogP contribution < -0.4 is 15.0 Å². The van der Waals surface area contributed by atoms with Gasteiger partial charge in [0.15, 0.2) is 0 Å². The van der Waals surface area contributed by atoms with Crippen LogP contribution in [0, 0.1) is 5.82 Å². The van der Waals surface area contributed by atoms with Crippen molar-refractivity contribution in [2.45, 2.75) is 6.42 Å². The molecule has 3 rings (SSSR count). The van der Waals surface area contributed by atoms with Crippen LogP contribution in [0.1, 0.15) is 16.8 Å². The van der Waals surface area contributed by atoms with Gasteiger partial charge in [-0.3, -0.25) is 9.59 Å². The average molecular weight is 385 g/mol. The van der Waals surface area contributed by atoms with Gasteiger partial charge in [-0.25, -0.2) is 4.39 Å². The summed E-state index contributed by atoms with van der Waals surface area (Å²) in [6.45, 7) is 2.52. The highest BCUT2D eigenvalue weighted by atomic mass is 19.1. The number of nitrogens with one attached hydrogen (secondary N) is 1. The Labute approximate surface area is 163 Å². The highest BCUT2D eigenvalue weighted by Gasteiger charge is 2.22. The number of benzene rings is 2. The maximum Gasteiger partial charge on any atom is 0.251 e. The normalized spacial score (nSPS) is 13.9. The van der Waals surface area contributed by atoms with Crippen LogP contribution in [0.3, 0.4) is 0 Å². The predicted octanol–water partition coefficient (Wildman–Crippen LogP) is 2.30. The molecule has 0 aromatic heterocycles. The van der Waals surface area contributed by atoms with Gasteiger partial charge in [-0.1, -0.05) is 18.2 Å². The van der Waals surface area contributed by atoms with E-state index in [-0.39, 0.29) is 30.6 Å². The first kappa shape index (κ1) is 19.7. The quantitative estimate of drug-likeness (QED) is 0.829. The molecule has 6 nitrogen and oxygen atoms in total. The van der Waals surface area contributed by atoms with Crippen LogP contribution in [0.25, 0.3) is 0 Å². The van der Waals surface area contributed by atoms with Crippen LogP contribution >= 0.6 is 0 Å². The third kappa shape index (κ3) is 4.79. The summed E-state index contributed by atoms with van der Waals surface area (Å²) < 4.78 is 19.0. The summed E-state index contributed by atoms with van der Waals surface area (Å²) in [7, 11) is 1.54. The maximum atomic E-state index is 13.9. The summed E-state index contributed by atoms with van der Waals surface area (Å²) in [6, 6.07) is 13.5. The third-order valence-electron chi connectivity index (χ3n) is 4.78. The monoisotopic (exact) mass is 385 g/mol. The first-order chi connectivity index (χ1) is 13.6. The predicted molar refractivity (Wildman–Crippen MR) is 105 cm³/mol. The van der Waals surface area contributed by atoms with Gasteiger partial charge >= 0.3 is 0 Å². The standard InChI is InChI=1S/C21H24FN3O3/c1-28-17-6-4-5-16(15-17)21(27)23-10-9-20(26)25-13-11-24(12-14-25)19-8-3-2-7-18(19)22/h2-8,15H,9-14H2,1H3,(H,23,27). The van der Waals surface area contributed by atoms with Crippen molar-refractivity contribution in [3.63, 3.8) is 0 Å². The van der Waals surface area contributed by atoms with E-state index in [9.17, 15) is 14.0 Å². The van der Waals surface area contributed by atoms with Gasteiger partial charge in [-0.2, -0.15) is 0 Å². The van der Waals surface area contributed by atoms with Crippen molar-refractivity contribution < 1.29 is 18.7 Å². The van der Waals surface area contributed by atoms with Gasteiger partial charge in [0.25, 0.3) is 5.91 Å². The minimum absolute atomic E-state index is 0.0147. The van der Waals surface area contributed by atoms with Crippen molar-refractivity contribution in [1.82, 2.24) is 10.2 Å². The second-order valence-electron chi connectivity index (χ2n) is 6.56. The molecule has 2 aromatic carbocycles. The number of methoxy groups -OCH3 is 1. The number of carbonyl (C=O) groups excluding carboxylic acids is 2. The molecule has 2 amide bonds. The summed E-state index contributed by atoms with van der Waals surface area (Å²) in [4.78, 5) is 28.3. The van der Waals surface area contributed by atoms with Gasteiger partial charge in [0, 0.05) is 44.7 Å². The molecule has 0 aliphatic carbocycles. The Morgan fingerprint density at radius 3 is 2.54 bits per heavy atom. The molecule has 1 aliphatic heterocycles. The van der Waals surface area contributed by atoms with Gasteiger partial charge in [0.05, 0.1) is 12.8 Å². The van der Waals surface area contributed by atoms with Gasteiger partial charge in [-0.15, -0.1) is 0 Å². The highest BCUT2D eigenvalue weighted by molar-refractivity contribution is 5.94. The van der Waals surface area contributed by atoms with E-state index in [4.69, 9.17) is 4.74 Å². The number of halogens is 1. The molecule has 0 saturated carbocycles. The second kappa shape index (κ2) is 9.21. The van der Waals surface area contributed by atoms with Crippen LogP contribution in [0.5, 0.6) is 5.75 Å². The van der Waals surface area contributed by atoms with Gasteiger partial charge < -0.3 is 19.9 Å². The molecule has 1 heterocycles. The van der Waals surface area contributed by atoms with Crippen LogP contribution in [-0.2, 0) is 4.79 Å². The Kier molecular flexibility index (Phi) is 6.47. The molecule has 1 aliphatic rings. The van der Waals surface area contributed by atoms with E-state index in [2.05, 4.69) is 5.32 Å². The van der Waals surface area contributed by atoms with E-state index in [1.807, 2.05) is 4.90 Å². The molecule has 0 radical (unpaired) electrons. The molecule has 1 fully saturated rings. The smallest absolute Gasteiger partial charge is 0.251 e. The summed E-state index contributed by atoms with van der Waals surface area (Å²) >= 11 is 0. The van der Waals surface area contributed by atoms with Gasteiger partial charge in [0.1, 0.15) is 11.6 Å². The molecule has 1 saturated heterocycles. The first-order valence-corrected chi connectivity index (χ1v) is 9.28. The number of anilines is 1. The number of carbonyl (C=O) groups is 2. The average Bonchev–Trinajstić information content (AvgIpc) is 2.74. The van der Waals surface area contributed by atoms with Crippen LogP contribution in [0.2, 0.25) is 0 Å². The minimum Gasteiger partial charge on any atom is -0.497 e. The summed E-state index contributed by atoms with van der Waals surface area (Å²) in [5.74, 6) is 0.106. The van der Waals surface area contributed by atoms with Crippen molar-refractivity contribution in [1.29, 1.82) is 0 Å². The molecule has 28 heavy (non-hydrogen) atoms. The van der Waals surface area contributed by atoms with Crippen molar-refractivity contribution in [2.75, 3.05) is 44.7 Å². The molecule has 0 unspecified atom stereocenters. The summed E-state index contributed by atoms with van der Waals surface area (Å²) in [6.07, 6.45) is 0.232. The zero-order chi connectivity index (χ0) is 19.9. The zero-order valence-corrected chi connectivity index (χ0v) is 15.9. The number of para-hydroxylation sites is 1. The number of hydrogen-bond donors (Lipinski definition) is 1. The molecule has 0 spiro atoms. The van der Waals surface area contributed by atoms with E-state index in [0.717, 1.165) is 0 Å². The lowest BCUT2D eigenvalue weighted by molar-refractivity contribution is -0.131. The molecular formula is C21H24FN3O3. The SMILES string of the molecule is COc1cccc(C(=O)NCCC(=O)N2CCN(c3ccccc3F)CC2)c1. The van der Waals surface area contributed by atoms with Crippen LogP contribution in [-0.4, -0.2) is 56.5 Å². The van der Waals surface area contributed by atoms with E-state index in [1.54, 1.807) is 54.5 Å². The fourth-order valence-corrected chi connectivity index (χ4v) is 3.21. The summed E-state index contributed by atoms with van der Waals surface area (Å²) in [5, 5.41) is 2.76. The minimum atomic E-state index is -0.248. The molecular weight excluding hydrogens is 361 g/mol. The Hall–Kier alpha value is -3.09. The topological polar surface area (TPSA) is 61.9 Å². The fraction of sp³-hybridized carbons (Fsp3) is 0.333. The Bertz CT molecular complexity index is 835. The highest BCUT2D eigenvalue weighted by Crippen LogP contribution is 2.20. The van der Waals surface area contributed by atoms with E-state index < -0.39 is 0 Å². The van der Waals surface area contributed by atoms with Crippen molar-refractivity contribution in [3.05, 3.63) is 59.9 Å². The lowest BCUT2D eigenvalue weighted by Gasteiger charge is -2.36. The molecule has 2 aromatic rings. The molecule has 1 N–H and O–H groups in total. The number of amides is 2. The third-order valence-corrected chi connectivity index (χ3v) is 4.78. The van der Waals surface area contributed by atoms with Gasteiger partial charge in [0.2, 0.25) is 5.91 Å². The van der Waals surface area contributed by atoms with Crippen molar-refractivity contribution in [2.24, 2.45) is 0 Å². The number of piperazine rings is 1. The lowest BCUT2D eigenvalue weighted by atomic mass is 10.2. The fourth-order valence-electron chi connectivity index (χ4n) is 3.21.